The molecule has 1 aromatic heterocycles. The molecule has 0 radical (unpaired) electrons. The van der Waals surface area contributed by atoms with Crippen LogP contribution in [0.2, 0.25) is 0 Å². The number of thioether (sulfide) groups is 1. The largest absolute Gasteiger partial charge is 0.390 e. The van der Waals surface area contributed by atoms with Crippen molar-refractivity contribution in [3.8, 4) is 0 Å². The summed E-state index contributed by atoms with van der Waals surface area (Å²) in [5, 5.41) is 9.85. The Hall–Kier alpha value is -1.01. The van der Waals surface area contributed by atoms with Gasteiger partial charge in [-0.3, -0.25) is 4.79 Å². The van der Waals surface area contributed by atoms with Gasteiger partial charge in [-0.1, -0.05) is 11.8 Å². The first kappa shape index (κ1) is 13.4. The third-order valence-corrected chi connectivity index (χ3v) is 4.27. The molecule has 2 rings (SSSR count). The Labute approximate surface area is 111 Å². The van der Waals surface area contributed by atoms with Crippen LogP contribution in [0.25, 0.3) is 0 Å². The maximum atomic E-state index is 12.0. The Morgan fingerprint density at radius 2 is 2.17 bits per heavy atom. The average molecular weight is 269 g/mol. The molecule has 0 unspecified atom stereocenters. The number of hydrogen-bond donors (Lipinski definition) is 1. The summed E-state index contributed by atoms with van der Waals surface area (Å²) in [4.78, 5) is 18.1. The first-order valence-corrected chi connectivity index (χ1v) is 7.23. The highest BCUT2D eigenvalue weighted by molar-refractivity contribution is 7.99. The first-order valence-electron chi connectivity index (χ1n) is 6.24. The van der Waals surface area contributed by atoms with Crippen LogP contribution in [0.15, 0.2) is 11.4 Å². The van der Waals surface area contributed by atoms with E-state index < -0.39 is 0 Å². The fourth-order valence-electron chi connectivity index (χ4n) is 2.07. The summed E-state index contributed by atoms with van der Waals surface area (Å²) in [6.07, 6.45) is 5.12. The standard InChI is InChI=1S/C12H19N3O2S/c1-14-10(8-16)7-13-12(14)18-9-11(17)15-5-3-2-4-6-15/h7,16H,2-6,8-9H2,1H3. The van der Waals surface area contributed by atoms with E-state index in [2.05, 4.69) is 4.98 Å². The van der Waals surface area contributed by atoms with Gasteiger partial charge in [0, 0.05) is 20.1 Å². The molecule has 5 nitrogen and oxygen atoms in total. The van der Waals surface area contributed by atoms with Crippen LogP contribution in [0, 0.1) is 0 Å². The van der Waals surface area contributed by atoms with Gasteiger partial charge in [-0.05, 0) is 19.3 Å². The van der Waals surface area contributed by atoms with Crippen LogP contribution in [-0.2, 0) is 18.4 Å². The number of carbonyl (C=O) groups excluding carboxylic acids is 1. The van der Waals surface area contributed by atoms with E-state index in [4.69, 9.17) is 5.11 Å². The molecule has 0 saturated carbocycles. The van der Waals surface area contributed by atoms with Crippen molar-refractivity contribution in [3.05, 3.63) is 11.9 Å². The van der Waals surface area contributed by atoms with Crippen LogP contribution in [-0.4, -0.2) is 44.3 Å². The van der Waals surface area contributed by atoms with Crippen LogP contribution in [0.5, 0.6) is 0 Å². The zero-order chi connectivity index (χ0) is 13.0. The van der Waals surface area contributed by atoms with E-state index in [0.29, 0.717) is 5.75 Å². The van der Waals surface area contributed by atoms with E-state index in [1.165, 1.54) is 18.2 Å². The van der Waals surface area contributed by atoms with Crippen molar-refractivity contribution in [1.29, 1.82) is 0 Å². The topological polar surface area (TPSA) is 58.4 Å². The van der Waals surface area contributed by atoms with E-state index in [1.54, 1.807) is 6.20 Å². The summed E-state index contributed by atoms with van der Waals surface area (Å²) in [5.74, 6) is 0.615. The van der Waals surface area contributed by atoms with Crippen molar-refractivity contribution >= 4 is 17.7 Å². The van der Waals surface area contributed by atoms with Gasteiger partial charge in [-0.25, -0.2) is 4.98 Å². The van der Waals surface area contributed by atoms with Crippen molar-refractivity contribution in [2.45, 2.75) is 31.0 Å². The summed E-state index contributed by atoms with van der Waals surface area (Å²) in [6.45, 7) is 1.76. The fourth-order valence-corrected chi connectivity index (χ4v) is 2.94. The minimum atomic E-state index is -0.0237. The number of rotatable bonds is 4. The monoisotopic (exact) mass is 269 g/mol. The van der Waals surface area contributed by atoms with E-state index in [-0.39, 0.29) is 12.5 Å². The van der Waals surface area contributed by atoms with Crippen LogP contribution >= 0.6 is 11.8 Å². The van der Waals surface area contributed by atoms with Crippen molar-refractivity contribution < 1.29 is 9.90 Å². The smallest absolute Gasteiger partial charge is 0.233 e. The summed E-state index contributed by atoms with van der Waals surface area (Å²) in [7, 11) is 1.85. The van der Waals surface area contributed by atoms with E-state index in [9.17, 15) is 4.79 Å². The number of aliphatic hydroxyl groups is 1. The lowest BCUT2D eigenvalue weighted by Gasteiger charge is -2.26. The van der Waals surface area contributed by atoms with Gasteiger partial charge in [-0.2, -0.15) is 0 Å². The SMILES string of the molecule is Cn1c(CO)cnc1SCC(=O)N1CCCCC1. The summed E-state index contributed by atoms with van der Waals surface area (Å²) < 4.78 is 1.83. The maximum Gasteiger partial charge on any atom is 0.233 e. The summed E-state index contributed by atoms with van der Waals surface area (Å²) >= 11 is 1.43. The predicted molar refractivity (Wildman–Crippen MR) is 70.3 cm³/mol. The highest BCUT2D eigenvalue weighted by atomic mass is 32.2. The highest BCUT2D eigenvalue weighted by Crippen LogP contribution is 2.19. The second-order valence-electron chi connectivity index (χ2n) is 4.48. The fraction of sp³-hybridized carbons (Fsp3) is 0.667. The molecule has 2 heterocycles. The summed E-state index contributed by atoms with van der Waals surface area (Å²) in [5.41, 5.74) is 0.767. The quantitative estimate of drug-likeness (QED) is 0.829. The molecule has 100 valence electrons. The van der Waals surface area contributed by atoms with E-state index in [1.807, 2.05) is 16.5 Å². The third kappa shape index (κ3) is 3.05. The number of hydrogen-bond acceptors (Lipinski definition) is 4. The number of nitrogens with zero attached hydrogens (tertiary/aromatic N) is 3. The highest BCUT2D eigenvalue weighted by Gasteiger charge is 2.17. The first-order chi connectivity index (χ1) is 8.72. The van der Waals surface area contributed by atoms with Crippen molar-refractivity contribution in [2.75, 3.05) is 18.8 Å². The molecule has 1 aromatic rings. The van der Waals surface area contributed by atoms with E-state index in [0.717, 1.165) is 36.8 Å². The molecule has 1 aliphatic rings. The molecule has 6 heteroatoms. The molecule has 1 fully saturated rings. The minimum Gasteiger partial charge on any atom is -0.390 e. The molecular formula is C12H19N3O2S. The molecule has 0 aromatic carbocycles. The molecule has 1 saturated heterocycles. The number of carbonyl (C=O) groups is 1. The zero-order valence-corrected chi connectivity index (χ0v) is 11.4. The van der Waals surface area contributed by atoms with Crippen molar-refractivity contribution in [1.82, 2.24) is 14.5 Å². The van der Waals surface area contributed by atoms with Gasteiger partial charge in [-0.15, -0.1) is 0 Å². The Morgan fingerprint density at radius 1 is 1.44 bits per heavy atom. The second kappa shape index (κ2) is 6.24. The lowest BCUT2D eigenvalue weighted by molar-refractivity contribution is -0.129. The van der Waals surface area contributed by atoms with E-state index >= 15 is 0 Å². The van der Waals surface area contributed by atoms with Crippen LogP contribution < -0.4 is 0 Å². The van der Waals surface area contributed by atoms with Gasteiger partial charge in [0.1, 0.15) is 0 Å². The molecule has 18 heavy (non-hydrogen) atoms. The van der Waals surface area contributed by atoms with Crippen molar-refractivity contribution in [3.63, 3.8) is 0 Å². The predicted octanol–water partition coefficient (Wildman–Crippen LogP) is 1.02. The van der Waals surface area contributed by atoms with Gasteiger partial charge < -0.3 is 14.6 Å². The van der Waals surface area contributed by atoms with Crippen LogP contribution in [0.1, 0.15) is 25.0 Å². The minimum absolute atomic E-state index is 0.0237. The normalized spacial score (nSPS) is 16.0. The summed E-state index contributed by atoms with van der Waals surface area (Å²) in [6, 6.07) is 0. The molecule has 1 amide bonds. The lowest BCUT2D eigenvalue weighted by atomic mass is 10.1. The second-order valence-corrected chi connectivity index (χ2v) is 5.42. The van der Waals surface area contributed by atoms with Gasteiger partial charge in [0.05, 0.1) is 24.3 Å². The molecule has 1 aliphatic heterocycles. The molecule has 0 spiro atoms. The van der Waals surface area contributed by atoms with Crippen molar-refractivity contribution in [2.24, 2.45) is 7.05 Å². The average Bonchev–Trinajstić information content (AvgIpc) is 2.77. The number of aromatic nitrogens is 2. The third-order valence-electron chi connectivity index (χ3n) is 3.24. The Kier molecular flexibility index (Phi) is 4.66. The van der Waals surface area contributed by atoms with Crippen LogP contribution in [0.4, 0.5) is 0 Å². The van der Waals surface area contributed by atoms with Crippen LogP contribution in [0.3, 0.4) is 0 Å². The van der Waals surface area contributed by atoms with Gasteiger partial charge in [0.15, 0.2) is 5.16 Å². The number of imidazole rings is 1. The number of amides is 1. The zero-order valence-electron chi connectivity index (χ0n) is 10.6. The maximum absolute atomic E-state index is 12.0. The molecule has 0 bridgehead atoms. The molecule has 0 aliphatic carbocycles. The number of piperidine rings is 1. The van der Waals surface area contributed by atoms with Gasteiger partial charge >= 0.3 is 0 Å². The number of aliphatic hydroxyl groups excluding tert-OH is 1. The molecule has 1 N–H and O–H groups in total. The Balaban J connectivity index is 1.86. The lowest BCUT2D eigenvalue weighted by Crippen LogP contribution is -2.36. The van der Waals surface area contributed by atoms with Gasteiger partial charge in [0.25, 0.3) is 0 Å². The Bertz CT molecular complexity index is 413. The molecule has 0 atom stereocenters. The Morgan fingerprint density at radius 3 is 2.78 bits per heavy atom. The molecular weight excluding hydrogens is 250 g/mol. The van der Waals surface area contributed by atoms with Gasteiger partial charge in [0.2, 0.25) is 5.91 Å². The number of likely N-dealkylation sites (tertiary alicyclic amines) is 1.